The molecule has 1 aromatic heterocycles. The maximum atomic E-state index is 14.1. The Balaban J connectivity index is 1.38. The van der Waals surface area contributed by atoms with E-state index in [1.807, 2.05) is 48.5 Å². The molecule has 8 nitrogen and oxygen atoms in total. The average molecular weight is 636 g/mol. The number of halogens is 1. The van der Waals surface area contributed by atoms with Crippen molar-refractivity contribution in [3.8, 4) is 5.75 Å². The highest BCUT2D eigenvalue weighted by Crippen LogP contribution is 2.31. The quantitative estimate of drug-likeness (QED) is 0.224. The highest BCUT2D eigenvalue weighted by atomic mass is 35.5. The van der Waals surface area contributed by atoms with Crippen LogP contribution in [-0.2, 0) is 11.4 Å². The van der Waals surface area contributed by atoms with Crippen molar-refractivity contribution in [1.29, 1.82) is 0 Å². The summed E-state index contributed by atoms with van der Waals surface area (Å²) in [6.45, 7) is 1.98. The molecule has 0 radical (unpaired) electrons. The SMILES string of the molecule is CC1=C(C(=O)Nc2ccccc2)[C@@H](c2ccc(Cl)cc2)n2c(s/c(=C\c3ccccc3OCc3ccc(C(=O)O)cc3)c2=O)=N1. The fourth-order valence-electron chi connectivity index (χ4n) is 5.07. The second kappa shape index (κ2) is 12.8. The summed E-state index contributed by atoms with van der Waals surface area (Å²) >= 11 is 7.43. The van der Waals surface area contributed by atoms with Crippen LogP contribution in [-0.4, -0.2) is 21.6 Å². The van der Waals surface area contributed by atoms with Crippen LogP contribution in [0.4, 0.5) is 5.69 Å². The minimum absolute atomic E-state index is 0.197. The van der Waals surface area contributed by atoms with Crippen molar-refractivity contribution in [2.75, 3.05) is 5.32 Å². The zero-order valence-electron chi connectivity index (χ0n) is 23.9. The van der Waals surface area contributed by atoms with Gasteiger partial charge < -0.3 is 15.2 Å². The Morgan fingerprint density at radius 2 is 1.67 bits per heavy atom. The van der Waals surface area contributed by atoms with Crippen molar-refractivity contribution in [3.63, 3.8) is 0 Å². The summed E-state index contributed by atoms with van der Waals surface area (Å²) in [5, 5.41) is 12.6. The van der Waals surface area contributed by atoms with Gasteiger partial charge in [0, 0.05) is 16.3 Å². The van der Waals surface area contributed by atoms with E-state index in [0.29, 0.717) is 42.6 Å². The molecule has 6 rings (SSSR count). The van der Waals surface area contributed by atoms with E-state index in [1.54, 1.807) is 60.0 Å². The number of carbonyl (C=O) groups is 2. The number of nitrogens with one attached hydrogen (secondary N) is 1. The standard InChI is InChI=1S/C35H26ClN3O5S/c1-21-30(32(40)38-27-8-3-2-4-9-27)31(23-15-17-26(36)18-16-23)39-33(41)29(45-35(39)37-21)19-25-7-5-6-10-28(25)44-20-22-11-13-24(14-12-22)34(42)43/h2-19,31H,20H2,1H3,(H,38,40)(H,42,43)/b29-19-/t31-/m1/s1. The molecule has 10 heteroatoms. The van der Waals surface area contributed by atoms with Crippen LogP contribution in [0.2, 0.25) is 5.02 Å². The van der Waals surface area contributed by atoms with Crippen LogP contribution in [0.1, 0.15) is 40.0 Å². The topological polar surface area (TPSA) is 110 Å². The van der Waals surface area contributed by atoms with Gasteiger partial charge in [0.15, 0.2) is 4.80 Å². The Morgan fingerprint density at radius 1 is 0.978 bits per heavy atom. The Hall–Kier alpha value is -5.25. The number of aromatic nitrogens is 1. The number of benzene rings is 4. The summed E-state index contributed by atoms with van der Waals surface area (Å²) < 4.78 is 8.06. The first-order chi connectivity index (χ1) is 21.8. The van der Waals surface area contributed by atoms with Crippen LogP contribution in [0.15, 0.2) is 124 Å². The summed E-state index contributed by atoms with van der Waals surface area (Å²) in [6.07, 6.45) is 1.76. The third kappa shape index (κ3) is 6.35. The number of rotatable bonds is 8. The molecule has 0 aliphatic carbocycles. The number of nitrogens with zero attached hydrogens (tertiary/aromatic N) is 2. The number of aromatic carboxylic acids is 1. The molecule has 0 saturated carbocycles. The lowest BCUT2D eigenvalue weighted by Gasteiger charge is -2.25. The molecule has 2 heterocycles. The number of carbonyl (C=O) groups excluding carboxylic acids is 1. The van der Waals surface area contributed by atoms with Gasteiger partial charge in [-0.15, -0.1) is 0 Å². The van der Waals surface area contributed by atoms with Crippen LogP contribution < -0.4 is 24.9 Å². The van der Waals surface area contributed by atoms with E-state index < -0.39 is 12.0 Å². The lowest BCUT2D eigenvalue weighted by molar-refractivity contribution is -0.113. The van der Waals surface area contributed by atoms with Crippen molar-refractivity contribution in [3.05, 3.63) is 161 Å². The predicted molar refractivity (Wildman–Crippen MR) is 174 cm³/mol. The number of fused-ring (bicyclic) bond motifs is 1. The van der Waals surface area contributed by atoms with Crippen LogP contribution in [0.5, 0.6) is 5.75 Å². The second-order valence-electron chi connectivity index (χ2n) is 10.3. The zero-order chi connectivity index (χ0) is 31.5. The summed E-state index contributed by atoms with van der Waals surface area (Å²) in [7, 11) is 0. The second-order valence-corrected chi connectivity index (χ2v) is 11.7. The normalized spacial score (nSPS) is 14.4. The number of thiazole rings is 1. The van der Waals surface area contributed by atoms with E-state index in [9.17, 15) is 14.4 Å². The van der Waals surface area contributed by atoms with Crippen molar-refractivity contribution in [2.45, 2.75) is 19.6 Å². The molecule has 1 amide bonds. The number of carboxylic acid groups (broad SMARTS) is 1. The van der Waals surface area contributed by atoms with Gasteiger partial charge in [-0.3, -0.25) is 14.2 Å². The number of carboxylic acids is 1. The van der Waals surface area contributed by atoms with Gasteiger partial charge in [0.2, 0.25) is 0 Å². The summed E-state index contributed by atoms with van der Waals surface area (Å²) in [6, 6.07) is 29.3. The van der Waals surface area contributed by atoms with E-state index in [2.05, 4.69) is 5.32 Å². The van der Waals surface area contributed by atoms with Gasteiger partial charge in [0.1, 0.15) is 12.4 Å². The molecule has 5 aromatic rings. The maximum absolute atomic E-state index is 14.1. The molecule has 0 saturated heterocycles. The minimum Gasteiger partial charge on any atom is -0.488 e. The third-order valence-corrected chi connectivity index (χ3v) is 8.52. The average Bonchev–Trinajstić information content (AvgIpc) is 3.34. The molecule has 0 unspecified atom stereocenters. The number of ether oxygens (including phenoxy) is 1. The van der Waals surface area contributed by atoms with Crippen LogP contribution >= 0.6 is 22.9 Å². The lowest BCUT2D eigenvalue weighted by Crippen LogP contribution is -2.40. The van der Waals surface area contributed by atoms with Crippen molar-refractivity contribution < 1.29 is 19.4 Å². The number of allylic oxidation sites excluding steroid dienone is 1. The highest BCUT2D eigenvalue weighted by Gasteiger charge is 2.32. The van der Waals surface area contributed by atoms with Gasteiger partial charge in [-0.05, 0) is 66.6 Å². The van der Waals surface area contributed by atoms with Crippen molar-refractivity contribution >= 4 is 46.6 Å². The Kier molecular flexibility index (Phi) is 8.46. The molecule has 224 valence electrons. The van der Waals surface area contributed by atoms with Gasteiger partial charge in [-0.1, -0.05) is 83.6 Å². The molecular weight excluding hydrogens is 610 g/mol. The van der Waals surface area contributed by atoms with E-state index in [-0.39, 0.29) is 23.6 Å². The smallest absolute Gasteiger partial charge is 0.335 e. The molecule has 1 aliphatic heterocycles. The van der Waals surface area contributed by atoms with E-state index in [4.69, 9.17) is 26.4 Å². The number of amides is 1. The van der Waals surface area contributed by atoms with E-state index >= 15 is 0 Å². The Morgan fingerprint density at radius 3 is 2.38 bits per heavy atom. The van der Waals surface area contributed by atoms with Crippen molar-refractivity contribution in [2.24, 2.45) is 4.99 Å². The molecule has 0 spiro atoms. The van der Waals surface area contributed by atoms with Crippen LogP contribution in [0.25, 0.3) is 6.08 Å². The predicted octanol–water partition coefficient (Wildman–Crippen LogP) is 5.80. The largest absolute Gasteiger partial charge is 0.488 e. The first kappa shape index (κ1) is 29.8. The van der Waals surface area contributed by atoms with E-state index in [1.165, 1.54) is 23.5 Å². The van der Waals surface area contributed by atoms with Gasteiger partial charge in [0.25, 0.3) is 11.5 Å². The molecule has 4 aromatic carbocycles. The minimum atomic E-state index is -0.994. The molecule has 2 N–H and O–H groups in total. The number of para-hydroxylation sites is 2. The van der Waals surface area contributed by atoms with Gasteiger partial charge in [0.05, 0.1) is 27.4 Å². The van der Waals surface area contributed by atoms with Gasteiger partial charge in [-0.25, -0.2) is 9.79 Å². The third-order valence-electron chi connectivity index (χ3n) is 7.28. The number of hydrogen-bond acceptors (Lipinski definition) is 6. The van der Waals surface area contributed by atoms with Crippen LogP contribution in [0.3, 0.4) is 0 Å². The lowest BCUT2D eigenvalue weighted by atomic mass is 9.95. The fourth-order valence-corrected chi connectivity index (χ4v) is 6.23. The number of anilines is 1. The molecule has 1 aliphatic rings. The molecular formula is C35H26ClN3O5S. The maximum Gasteiger partial charge on any atom is 0.335 e. The first-order valence-electron chi connectivity index (χ1n) is 14.0. The Bertz CT molecular complexity index is 2120. The molecule has 0 bridgehead atoms. The summed E-state index contributed by atoms with van der Waals surface area (Å²) in [5.74, 6) is -0.794. The summed E-state index contributed by atoms with van der Waals surface area (Å²) in [4.78, 5) is 44.2. The molecule has 45 heavy (non-hydrogen) atoms. The fraction of sp³-hybridized carbons (Fsp3) is 0.0857. The Labute approximate surface area is 266 Å². The summed E-state index contributed by atoms with van der Waals surface area (Å²) in [5.41, 5.74) is 3.60. The first-order valence-corrected chi connectivity index (χ1v) is 15.2. The van der Waals surface area contributed by atoms with Gasteiger partial charge in [-0.2, -0.15) is 0 Å². The monoisotopic (exact) mass is 635 g/mol. The van der Waals surface area contributed by atoms with Gasteiger partial charge >= 0.3 is 5.97 Å². The highest BCUT2D eigenvalue weighted by molar-refractivity contribution is 7.07. The number of hydrogen-bond donors (Lipinski definition) is 2. The zero-order valence-corrected chi connectivity index (χ0v) is 25.5. The van der Waals surface area contributed by atoms with Crippen molar-refractivity contribution in [1.82, 2.24) is 4.57 Å². The van der Waals surface area contributed by atoms with E-state index in [0.717, 1.165) is 11.1 Å². The van der Waals surface area contributed by atoms with Crippen LogP contribution in [0, 0.1) is 0 Å². The molecule has 1 atom stereocenters. The molecule has 0 fully saturated rings.